The molecule has 2 amide bonds. The molecule has 1 aliphatic rings. The lowest BCUT2D eigenvalue weighted by molar-refractivity contribution is -0.132. The van der Waals surface area contributed by atoms with Gasteiger partial charge in [0.15, 0.2) is 11.4 Å². The predicted molar refractivity (Wildman–Crippen MR) is 147 cm³/mol. The Morgan fingerprint density at radius 1 is 0.850 bits per heavy atom. The molecule has 1 atom stereocenters. The van der Waals surface area contributed by atoms with Crippen molar-refractivity contribution in [1.29, 1.82) is 0 Å². The number of ether oxygens (including phenoxy) is 4. The van der Waals surface area contributed by atoms with Gasteiger partial charge in [0.1, 0.15) is 17.0 Å². The molecule has 210 valence electrons. The van der Waals surface area contributed by atoms with Gasteiger partial charge in [0.25, 0.3) is 5.91 Å². The van der Waals surface area contributed by atoms with Crippen LogP contribution in [0.4, 0.5) is 0 Å². The van der Waals surface area contributed by atoms with E-state index in [-0.39, 0.29) is 35.1 Å². The van der Waals surface area contributed by atoms with E-state index < -0.39 is 17.4 Å². The maximum absolute atomic E-state index is 13.6. The minimum atomic E-state index is -1.10. The van der Waals surface area contributed by atoms with Crippen LogP contribution < -0.4 is 29.6 Å². The Bertz CT molecular complexity index is 1320. The molecule has 0 radical (unpaired) electrons. The summed E-state index contributed by atoms with van der Waals surface area (Å²) in [6.07, 6.45) is 2.29. The first-order valence-corrected chi connectivity index (χ1v) is 12.8. The summed E-state index contributed by atoms with van der Waals surface area (Å²) in [7, 11) is 4.61. The lowest BCUT2D eigenvalue weighted by Crippen LogP contribution is -2.52. The Hall–Kier alpha value is -4.60. The smallest absolute Gasteiger partial charge is 0.308 e. The molecule has 1 aromatic heterocycles. The average molecular weight is 548 g/mol. The van der Waals surface area contributed by atoms with E-state index in [0.29, 0.717) is 12.8 Å². The second-order valence-electron chi connectivity index (χ2n) is 9.61. The first kappa shape index (κ1) is 28.4. The summed E-state index contributed by atoms with van der Waals surface area (Å²) < 4.78 is 21.1. The number of nitrogens with one attached hydrogen (secondary N) is 2. The third kappa shape index (κ3) is 6.17. The van der Waals surface area contributed by atoms with Crippen molar-refractivity contribution in [3.63, 3.8) is 0 Å². The van der Waals surface area contributed by atoms with Crippen LogP contribution >= 0.6 is 0 Å². The molecule has 10 nitrogen and oxygen atoms in total. The zero-order chi connectivity index (χ0) is 28.9. The molecular formula is C30H33N3O7. The molecule has 1 heterocycles. The standard InChI is InChI=1S/C30H33N3O7/c1-18(25(20-6-10-22(37-3)11-7-20)21-8-12-23(38-4)13-9-21)32-29(36)30(15-16-30)33-28(35)26-27(40-19(2)34)24(39-5)14-17-31-26/h6-14,17-18,25H,15-16H2,1-5H3,(H,32,36)(H,33,35)/t18-/m0/s1. The molecule has 1 saturated carbocycles. The van der Waals surface area contributed by atoms with Gasteiger partial charge in [-0.3, -0.25) is 14.4 Å². The Balaban J connectivity index is 1.56. The molecule has 4 rings (SSSR count). The van der Waals surface area contributed by atoms with Crippen LogP contribution in [0.3, 0.4) is 0 Å². The van der Waals surface area contributed by atoms with Crippen molar-refractivity contribution >= 4 is 17.8 Å². The fourth-order valence-electron chi connectivity index (χ4n) is 4.63. The molecule has 10 heteroatoms. The van der Waals surface area contributed by atoms with Crippen molar-refractivity contribution < 1.29 is 33.3 Å². The minimum absolute atomic E-state index is 0.0985. The molecule has 1 aliphatic carbocycles. The zero-order valence-electron chi connectivity index (χ0n) is 23.1. The highest BCUT2D eigenvalue weighted by atomic mass is 16.6. The fourth-order valence-corrected chi connectivity index (χ4v) is 4.63. The van der Waals surface area contributed by atoms with Gasteiger partial charge < -0.3 is 29.6 Å². The fraction of sp³-hybridized carbons (Fsp3) is 0.333. The number of pyridine rings is 1. The van der Waals surface area contributed by atoms with Crippen LogP contribution in [-0.4, -0.2) is 55.7 Å². The second kappa shape index (κ2) is 12.1. The predicted octanol–water partition coefficient (Wildman–Crippen LogP) is 3.63. The summed E-state index contributed by atoms with van der Waals surface area (Å²) in [6.45, 7) is 3.14. The molecule has 1 fully saturated rings. The topological polar surface area (TPSA) is 125 Å². The van der Waals surface area contributed by atoms with Crippen molar-refractivity contribution in [2.75, 3.05) is 21.3 Å². The number of esters is 1. The number of benzene rings is 2. The number of aromatic nitrogens is 1. The highest BCUT2D eigenvalue weighted by Gasteiger charge is 2.52. The van der Waals surface area contributed by atoms with Gasteiger partial charge in [-0.1, -0.05) is 24.3 Å². The maximum atomic E-state index is 13.6. The molecule has 0 spiro atoms. The van der Waals surface area contributed by atoms with Gasteiger partial charge >= 0.3 is 5.97 Å². The molecule has 0 saturated heterocycles. The number of methoxy groups -OCH3 is 3. The number of hydrogen-bond acceptors (Lipinski definition) is 8. The first-order chi connectivity index (χ1) is 19.2. The first-order valence-electron chi connectivity index (χ1n) is 12.8. The summed E-state index contributed by atoms with van der Waals surface area (Å²) in [5, 5.41) is 5.93. The number of carbonyl (C=O) groups is 3. The Morgan fingerprint density at radius 3 is 1.85 bits per heavy atom. The number of rotatable bonds is 11. The number of amides is 2. The van der Waals surface area contributed by atoms with Crippen molar-refractivity contribution in [3.05, 3.63) is 77.6 Å². The Morgan fingerprint density at radius 2 is 1.40 bits per heavy atom. The van der Waals surface area contributed by atoms with E-state index in [1.165, 1.54) is 26.3 Å². The van der Waals surface area contributed by atoms with Crippen LogP contribution in [0.1, 0.15) is 54.2 Å². The SMILES string of the molecule is COc1ccc(C(c2ccc(OC)cc2)[C@H](C)NC(=O)C2(NC(=O)c3nccc(OC)c3OC(C)=O)CC2)cc1. The third-order valence-electron chi connectivity index (χ3n) is 6.90. The molecule has 0 bridgehead atoms. The van der Waals surface area contributed by atoms with E-state index in [9.17, 15) is 14.4 Å². The minimum Gasteiger partial charge on any atom is -0.497 e. The average Bonchev–Trinajstić information content (AvgIpc) is 3.74. The van der Waals surface area contributed by atoms with Gasteiger partial charge in [-0.05, 0) is 55.2 Å². The van der Waals surface area contributed by atoms with Gasteiger partial charge in [-0.25, -0.2) is 4.98 Å². The van der Waals surface area contributed by atoms with E-state index in [1.54, 1.807) is 14.2 Å². The Labute approximate surface area is 233 Å². The highest BCUT2D eigenvalue weighted by Crippen LogP contribution is 2.38. The summed E-state index contributed by atoms with van der Waals surface area (Å²) in [5.41, 5.74) is 0.725. The molecule has 2 aromatic carbocycles. The summed E-state index contributed by atoms with van der Waals surface area (Å²) >= 11 is 0. The summed E-state index contributed by atoms with van der Waals surface area (Å²) in [6, 6.07) is 16.5. The molecule has 3 aromatic rings. The normalized spacial score (nSPS) is 14.1. The van der Waals surface area contributed by atoms with Crippen LogP contribution in [0.5, 0.6) is 23.0 Å². The van der Waals surface area contributed by atoms with Crippen LogP contribution in [0, 0.1) is 0 Å². The van der Waals surface area contributed by atoms with Crippen LogP contribution in [0.2, 0.25) is 0 Å². The lowest BCUT2D eigenvalue weighted by atomic mass is 9.85. The maximum Gasteiger partial charge on any atom is 0.308 e. The highest BCUT2D eigenvalue weighted by molar-refractivity contribution is 6.02. The molecule has 0 unspecified atom stereocenters. The van der Waals surface area contributed by atoms with E-state index in [4.69, 9.17) is 18.9 Å². The molecular weight excluding hydrogens is 514 g/mol. The van der Waals surface area contributed by atoms with E-state index in [2.05, 4.69) is 15.6 Å². The Kier molecular flexibility index (Phi) is 8.57. The third-order valence-corrected chi connectivity index (χ3v) is 6.90. The lowest BCUT2D eigenvalue weighted by Gasteiger charge is -2.28. The van der Waals surface area contributed by atoms with E-state index in [1.807, 2.05) is 55.5 Å². The molecule has 40 heavy (non-hydrogen) atoms. The van der Waals surface area contributed by atoms with Crippen molar-refractivity contribution in [2.45, 2.75) is 44.2 Å². The summed E-state index contributed by atoms with van der Waals surface area (Å²) in [5.74, 6) is -0.229. The second-order valence-corrected chi connectivity index (χ2v) is 9.61. The van der Waals surface area contributed by atoms with E-state index in [0.717, 1.165) is 22.6 Å². The van der Waals surface area contributed by atoms with Crippen molar-refractivity contribution in [3.8, 4) is 23.0 Å². The van der Waals surface area contributed by atoms with Crippen LogP contribution in [0.15, 0.2) is 60.8 Å². The van der Waals surface area contributed by atoms with Gasteiger partial charge in [-0.2, -0.15) is 0 Å². The number of hydrogen-bond donors (Lipinski definition) is 2. The summed E-state index contributed by atoms with van der Waals surface area (Å²) in [4.78, 5) is 42.5. The van der Waals surface area contributed by atoms with Gasteiger partial charge in [0, 0.05) is 31.1 Å². The number of carbonyl (C=O) groups excluding carboxylic acids is 3. The van der Waals surface area contributed by atoms with Gasteiger partial charge in [-0.15, -0.1) is 0 Å². The van der Waals surface area contributed by atoms with Crippen LogP contribution in [-0.2, 0) is 9.59 Å². The monoisotopic (exact) mass is 547 g/mol. The van der Waals surface area contributed by atoms with Crippen LogP contribution in [0.25, 0.3) is 0 Å². The van der Waals surface area contributed by atoms with Gasteiger partial charge in [0.2, 0.25) is 11.7 Å². The van der Waals surface area contributed by atoms with E-state index >= 15 is 0 Å². The quantitative estimate of drug-likeness (QED) is 0.349. The van der Waals surface area contributed by atoms with Crippen molar-refractivity contribution in [2.24, 2.45) is 0 Å². The number of nitrogens with zero attached hydrogens (tertiary/aromatic N) is 1. The molecule has 0 aliphatic heterocycles. The largest absolute Gasteiger partial charge is 0.497 e. The molecule has 2 N–H and O–H groups in total. The zero-order valence-corrected chi connectivity index (χ0v) is 23.1. The van der Waals surface area contributed by atoms with Gasteiger partial charge in [0.05, 0.1) is 21.3 Å². The van der Waals surface area contributed by atoms with Crippen molar-refractivity contribution in [1.82, 2.24) is 15.6 Å².